The van der Waals surface area contributed by atoms with Crippen LogP contribution in [0.5, 0.6) is 0 Å². The van der Waals surface area contributed by atoms with E-state index in [0.717, 1.165) is 0 Å². The molecule has 2 nitrogen and oxygen atoms in total. The Morgan fingerprint density at radius 3 is 1.26 bits per heavy atom. The first-order valence-electron chi connectivity index (χ1n) is 8.35. The summed E-state index contributed by atoms with van der Waals surface area (Å²) in [5.74, 6) is 0. The molecular formula is C18H29Cl5N2PV-. The van der Waals surface area contributed by atoms with Gasteiger partial charge in [0, 0.05) is 0 Å². The van der Waals surface area contributed by atoms with Crippen LogP contribution in [0.4, 0.5) is 5.69 Å². The van der Waals surface area contributed by atoms with Crippen LogP contribution in [-0.2, 0) is 13.1 Å². The van der Waals surface area contributed by atoms with Crippen LogP contribution in [-0.4, -0.2) is 15.5 Å². The number of hydrogen-bond acceptors (Lipinski definition) is 1. The van der Waals surface area contributed by atoms with Crippen LogP contribution in [0.1, 0.15) is 62.3 Å². The van der Waals surface area contributed by atoms with Gasteiger partial charge in [-0.2, -0.15) is 0 Å². The van der Waals surface area contributed by atoms with Crippen molar-refractivity contribution in [3.63, 3.8) is 0 Å². The zero-order valence-electron chi connectivity index (χ0n) is 17.3. The van der Waals surface area contributed by atoms with Crippen LogP contribution in [0, 0.1) is 0 Å². The molecule has 0 amide bonds. The van der Waals surface area contributed by atoms with Crippen LogP contribution in [0.25, 0.3) is 5.16 Å². The van der Waals surface area contributed by atoms with Crippen molar-refractivity contribution in [1.82, 2.24) is 0 Å². The van der Waals surface area contributed by atoms with E-state index in [0.29, 0.717) is 20.8 Å². The van der Waals surface area contributed by atoms with Gasteiger partial charge in [0.25, 0.3) is 0 Å². The van der Waals surface area contributed by atoms with Gasteiger partial charge in [0.2, 0.25) is 0 Å². The monoisotopic (exact) mass is 530 g/mol. The van der Waals surface area contributed by atoms with Gasteiger partial charge in [-0.1, -0.05) is 62.3 Å². The Bertz CT molecular complexity index is 674. The molecule has 0 fully saturated rings. The van der Waals surface area contributed by atoms with Crippen molar-refractivity contribution in [1.29, 1.82) is 0 Å². The number of rotatable bonds is 1. The average Bonchev–Trinajstić information content (AvgIpc) is 2.38. The molecule has 0 atom stereocenters. The summed E-state index contributed by atoms with van der Waals surface area (Å²) in [5, 5.41) is 12.3. The molecular weight excluding hydrogens is 503 g/mol. The molecule has 0 saturated carbocycles. The van der Waals surface area contributed by atoms with Crippen molar-refractivity contribution < 1.29 is 13.1 Å². The Kier molecular flexibility index (Phi) is 10.5. The van der Waals surface area contributed by atoms with Crippen molar-refractivity contribution in [3.05, 3.63) is 32.4 Å². The topological polar surface area (TPSA) is 34.7 Å². The van der Waals surface area contributed by atoms with E-state index >= 15 is 0 Å². The first kappa shape index (κ1) is 28.3. The second-order valence-corrected chi connectivity index (χ2v) is 20.1. The molecule has 27 heavy (non-hydrogen) atoms. The predicted molar refractivity (Wildman–Crippen MR) is 125 cm³/mol. The molecule has 0 aromatic heterocycles. The standard InChI is InChI=1S/C12H27NP.C6H2Cl3N.2ClH.V/c1-10(2,3)14(13,11(4,5)6)12(7,8)9;7-3-1-4(8)6(10)5(9)2-3;;;/h1-9H3;1-2H;2*1H;/q-1;;;;+2/p-2. The molecule has 0 heterocycles. The number of benzene rings is 1. The fraction of sp³-hybridized carbons (Fsp3) is 0.667. The normalized spacial score (nSPS) is 13.0. The van der Waals surface area contributed by atoms with E-state index in [9.17, 15) is 5.16 Å². The third-order valence-electron chi connectivity index (χ3n) is 4.07. The number of hydrogen-bond donors (Lipinski definition) is 0. The van der Waals surface area contributed by atoms with E-state index in [-0.39, 0.29) is 15.5 Å². The molecule has 0 spiro atoms. The summed E-state index contributed by atoms with van der Waals surface area (Å²) in [7, 11) is 9.16. The van der Waals surface area contributed by atoms with E-state index in [1.54, 1.807) is 12.1 Å². The summed E-state index contributed by atoms with van der Waals surface area (Å²) in [6, 6.07) is 3.08. The third-order valence-corrected chi connectivity index (χ3v) is 11.9. The van der Waals surface area contributed by atoms with Gasteiger partial charge in [-0.3, -0.25) is 0 Å². The second kappa shape index (κ2) is 10.1. The molecule has 0 aliphatic rings. The van der Waals surface area contributed by atoms with Gasteiger partial charge in [-0.25, -0.2) is 7.05 Å². The third kappa shape index (κ3) is 7.48. The van der Waals surface area contributed by atoms with E-state index < -0.39 is 20.1 Å². The minimum absolute atomic E-state index is 0.0104. The van der Waals surface area contributed by atoms with Crippen LogP contribution < -0.4 is 0 Å². The molecule has 9 heteroatoms. The molecule has 0 N–H and O–H groups in total. The van der Waals surface area contributed by atoms with Crippen molar-refractivity contribution in [2.75, 3.05) is 0 Å². The molecule has 1 rings (SSSR count). The van der Waals surface area contributed by atoms with Crippen LogP contribution in [0.3, 0.4) is 0 Å². The van der Waals surface area contributed by atoms with Crippen LogP contribution >= 0.6 is 61.6 Å². The molecule has 1 aromatic carbocycles. The Labute approximate surface area is 193 Å². The summed E-state index contributed by atoms with van der Waals surface area (Å²) in [4.78, 5) is 0. The molecule has 157 valence electrons. The van der Waals surface area contributed by atoms with Gasteiger partial charge in [-0.15, -0.1) is 0 Å². The Balaban J connectivity index is 0.000000501. The Hall–Kier alpha value is 1.28. The van der Waals surface area contributed by atoms with Crippen molar-refractivity contribution in [2.24, 2.45) is 3.79 Å². The maximum atomic E-state index is 11.1. The zero-order valence-corrected chi connectivity index (χ0v) is 23.4. The molecule has 0 unspecified atom stereocenters. The Morgan fingerprint density at radius 1 is 0.778 bits per heavy atom. The van der Waals surface area contributed by atoms with Crippen molar-refractivity contribution >= 4 is 67.2 Å². The van der Waals surface area contributed by atoms with E-state index in [1.807, 2.05) is 0 Å². The Morgan fingerprint density at radius 2 is 1.07 bits per heavy atom. The molecule has 0 bridgehead atoms. The first-order chi connectivity index (χ1) is 11.8. The van der Waals surface area contributed by atoms with Gasteiger partial charge in [0.15, 0.2) is 0 Å². The van der Waals surface area contributed by atoms with Crippen molar-refractivity contribution in [2.45, 2.75) is 77.8 Å². The van der Waals surface area contributed by atoms with Crippen LogP contribution in [0.2, 0.25) is 15.1 Å². The van der Waals surface area contributed by atoms with Gasteiger partial charge < -0.3 is 5.16 Å². The van der Waals surface area contributed by atoms with Gasteiger partial charge in [0.05, 0.1) is 0 Å². The molecule has 0 saturated heterocycles. The fourth-order valence-electron chi connectivity index (χ4n) is 3.72. The maximum absolute atomic E-state index is 11.1. The van der Waals surface area contributed by atoms with E-state index in [2.05, 4.69) is 66.1 Å². The number of nitrogens with zero attached hydrogens (tertiary/aromatic N) is 2. The van der Waals surface area contributed by atoms with E-state index in [4.69, 9.17) is 54.5 Å². The summed E-state index contributed by atoms with van der Waals surface area (Å²) in [5.41, 5.74) is 0.415. The number of halogens is 5. The SMILES string of the molecule is CC(C)(C)P(=[N-])(C(C)(C)C)C(C)(C)C.Clc1cc(Cl)c([N]=[V]([Cl])[Cl])c(Cl)c1. The summed E-state index contributed by atoms with van der Waals surface area (Å²) in [6.07, 6.45) is 0. The van der Waals surface area contributed by atoms with Gasteiger partial charge in [-0.05, 0) is 15.5 Å². The van der Waals surface area contributed by atoms with Gasteiger partial charge in [0.1, 0.15) is 0 Å². The first-order valence-corrected chi connectivity index (χ1v) is 15.7. The van der Waals surface area contributed by atoms with Crippen LogP contribution in [0.15, 0.2) is 15.9 Å². The second-order valence-electron chi connectivity index (χ2n) is 9.18. The minimum atomic E-state index is -2.17. The molecule has 0 aliphatic heterocycles. The quantitative estimate of drug-likeness (QED) is 0.323. The predicted octanol–water partition coefficient (Wildman–Crippen LogP) is 10.5. The molecule has 0 radical (unpaired) electrons. The van der Waals surface area contributed by atoms with E-state index in [1.165, 1.54) is 0 Å². The summed E-state index contributed by atoms with van der Waals surface area (Å²) < 4.78 is 3.95. The average molecular weight is 533 g/mol. The van der Waals surface area contributed by atoms with Gasteiger partial charge >= 0.3 is 104 Å². The molecule has 0 aliphatic carbocycles. The van der Waals surface area contributed by atoms with Crippen molar-refractivity contribution in [3.8, 4) is 0 Å². The fourth-order valence-corrected chi connectivity index (χ4v) is 12.0. The molecule has 1 aromatic rings. The zero-order chi connectivity index (χ0) is 22.0. The summed E-state index contributed by atoms with van der Waals surface area (Å²) in [6.45, 7) is 19.5. The summed E-state index contributed by atoms with van der Waals surface area (Å²) >= 11 is 15.2.